The number of alkyl halides is 1. The van der Waals surface area contributed by atoms with Gasteiger partial charge in [-0.05, 0) is 83.7 Å². The summed E-state index contributed by atoms with van der Waals surface area (Å²) in [6.07, 6.45) is 12.7. The zero-order valence-electron chi connectivity index (χ0n) is 20.4. The third kappa shape index (κ3) is 8.88. The molecule has 3 saturated carbocycles. The summed E-state index contributed by atoms with van der Waals surface area (Å²) in [5.74, 6) is 1.10. The van der Waals surface area contributed by atoms with Crippen LogP contribution in [0.5, 0.6) is 0 Å². The van der Waals surface area contributed by atoms with Gasteiger partial charge in [-0.25, -0.2) is 4.39 Å². The molecule has 0 bridgehead atoms. The highest BCUT2D eigenvalue weighted by molar-refractivity contribution is 5.79. The van der Waals surface area contributed by atoms with Gasteiger partial charge in [0, 0.05) is 30.7 Å². The van der Waals surface area contributed by atoms with Crippen molar-refractivity contribution >= 4 is 5.91 Å². The molecule has 0 radical (unpaired) electrons. The van der Waals surface area contributed by atoms with Gasteiger partial charge in [-0.1, -0.05) is 26.2 Å². The van der Waals surface area contributed by atoms with E-state index in [2.05, 4.69) is 33.5 Å². The molecule has 1 amide bonds. The van der Waals surface area contributed by atoms with Gasteiger partial charge in [0.15, 0.2) is 0 Å². The Hall–Kier alpha value is -0.760. The minimum atomic E-state index is -0.676. The fraction of sp³-hybridized carbons (Fsp3) is 0.960. The van der Waals surface area contributed by atoms with E-state index in [9.17, 15) is 9.18 Å². The Labute approximate surface area is 195 Å². The molecule has 5 atom stereocenters. The van der Waals surface area contributed by atoms with Crippen molar-refractivity contribution in [2.24, 2.45) is 11.8 Å². The van der Waals surface area contributed by atoms with E-state index < -0.39 is 6.17 Å². The molecule has 0 aromatic heterocycles. The number of carbonyl (C=O) groups is 1. The quantitative estimate of drug-likeness (QED) is 0.311. The van der Waals surface area contributed by atoms with Gasteiger partial charge in [-0.15, -0.1) is 0 Å². The van der Waals surface area contributed by atoms with Crippen molar-refractivity contribution < 1.29 is 9.18 Å². The molecule has 0 spiro atoms. The van der Waals surface area contributed by atoms with E-state index in [4.69, 9.17) is 0 Å². The lowest BCUT2D eigenvalue weighted by Crippen LogP contribution is -2.54. The topological polar surface area (TPSA) is 77.2 Å². The fourth-order valence-electron chi connectivity index (χ4n) is 5.86. The third-order valence-corrected chi connectivity index (χ3v) is 7.84. The monoisotopic (exact) mass is 453 g/mol. The molecule has 3 aliphatic carbocycles. The largest absolute Gasteiger partial charge is 0.353 e. The smallest absolute Gasteiger partial charge is 0.223 e. The van der Waals surface area contributed by atoms with Crippen LogP contribution in [0, 0.1) is 11.8 Å². The second kappa shape index (κ2) is 13.8. The van der Waals surface area contributed by atoms with Gasteiger partial charge >= 0.3 is 0 Å². The lowest BCUT2D eigenvalue weighted by atomic mass is 9.84. The SMILES string of the molecule is CNCCC(NCNC1CCCC(C)C1)NC1CCCC(C(=O)NC2CCC(F)CC2)C1. The number of rotatable bonds is 11. The van der Waals surface area contributed by atoms with Gasteiger partial charge in [0.1, 0.15) is 6.17 Å². The van der Waals surface area contributed by atoms with E-state index >= 15 is 0 Å². The first-order chi connectivity index (χ1) is 15.5. The molecule has 0 aromatic carbocycles. The molecule has 3 fully saturated rings. The van der Waals surface area contributed by atoms with Crippen LogP contribution in [0.3, 0.4) is 0 Å². The standard InChI is InChI=1S/C25H48FN5O/c1-18-5-3-7-22(15-18)28-17-29-24(13-14-27-2)30-23-8-4-6-19(16-23)25(32)31-21-11-9-20(26)10-12-21/h18-24,27-30H,3-17H2,1-2H3,(H,31,32). The summed E-state index contributed by atoms with van der Waals surface area (Å²) in [6, 6.07) is 1.16. The van der Waals surface area contributed by atoms with Gasteiger partial charge in [-0.2, -0.15) is 0 Å². The van der Waals surface area contributed by atoms with E-state index in [-0.39, 0.29) is 24.0 Å². The molecule has 3 aliphatic rings. The molecule has 0 aliphatic heterocycles. The van der Waals surface area contributed by atoms with E-state index in [1.807, 2.05) is 7.05 Å². The highest BCUT2D eigenvalue weighted by Gasteiger charge is 2.30. The molecule has 3 rings (SSSR count). The molecule has 7 heteroatoms. The Kier molecular flexibility index (Phi) is 11.2. The van der Waals surface area contributed by atoms with Crippen molar-refractivity contribution in [2.75, 3.05) is 20.3 Å². The van der Waals surface area contributed by atoms with Gasteiger partial charge < -0.3 is 16.0 Å². The predicted octanol–water partition coefficient (Wildman–Crippen LogP) is 3.18. The van der Waals surface area contributed by atoms with Crippen LogP contribution in [-0.2, 0) is 4.79 Å². The van der Waals surface area contributed by atoms with Gasteiger partial charge in [0.25, 0.3) is 0 Å². The number of halogens is 1. The van der Waals surface area contributed by atoms with Crippen LogP contribution >= 0.6 is 0 Å². The lowest BCUT2D eigenvalue weighted by Gasteiger charge is -2.34. The predicted molar refractivity (Wildman–Crippen MR) is 129 cm³/mol. The van der Waals surface area contributed by atoms with Crippen LogP contribution in [0.15, 0.2) is 0 Å². The van der Waals surface area contributed by atoms with Crippen LogP contribution < -0.4 is 26.6 Å². The van der Waals surface area contributed by atoms with E-state index in [1.165, 1.54) is 25.7 Å². The summed E-state index contributed by atoms with van der Waals surface area (Å²) < 4.78 is 13.4. The highest BCUT2D eigenvalue weighted by Crippen LogP contribution is 2.27. The van der Waals surface area contributed by atoms with Crippen LogP contribution in [0.1, 0.15) is 90.4 Å². The van der Waals surface area contributed by atoms with Crippen LogP contribution in [0.25, 0.3) is 0 Å². The first-order valence-corrected chi connectivity index (χ1v) is 13.3. The number of amides is 1. The molecule has 0 aromatic rings. The summed E-state index contributed by atoms with van der Waals surface area (Å²) in [7, 11) is 2.00. The second-order valence-corrected chi connectivity index (χ2v) is 10.7. The summed E-state index contributed by atoms with van der Waals surface area (Å²) in [5, 5.41) is 17.7. The molecule has 32 heavy (non-hydrogen) atoms. The molecule has 5 N–H and O–H groups in total. The zero-order chi connectivity index (χ0) is 22.8. The molecular formula is C25H48FN5O. The Balaban J connectivity index is 1.41. The third-order valence-electron chi connectivity index (χ3n) is 7.84. The maximum atomic E-state index is 13.4. The van der Waals surface area contributed by atoms with E-state index in [0.29, 0.717) is 24.9 Å². The van der Waals surface area contributed by atoms with Crippen molar-refractivity contribution in [1.82, 2.24) is 26.6 Å². The number of nitrogens with one attached hydrogen (secondary N) is 5. The fourth-order valence-corrected chi connectivity index (χ4v) is 5.86. The Morgan fingerprint density at radius 2 is 1.69 bits per heavy atom. The minimum absolute atomic E-state index is 0.0798. The van der Waals surface area contributed by atoms with Gasteiger partial charge in [0.05, 0.1) is 6.17 Å². The van der Waals surface area contributed by atoms with Crippen molar-refractivity contribution in [2.45, 2.75) is 121 Å². The van der Waals surface area contributed by atoms with Crippen LogP contribution in [0.2, 0.25) is 0 Å². The van der Waals surface area contributed by atoms with Crippen LogP contribution in [-0.4, -0.2) is 56.6 Å². The van der Waals surface area contributed by atoms with Crippen molar-refractivity contribution in [3.63, 3.8) is 0 Å². The molecule has 0 heterocycles. The molecule has 186 valence electrons. The summed E-state index contributed by atoms with van der Waals surface area (Å²) >= 11 is 0. The first-order valence-electron chi connectivity index (χ1n) is 13.3. The number of hydrogen-bond acceptors (Lipinski definition) is 5. The minimum Gasteiger partial charge on any atom is -0.353 e. The molecule has 0 saturated heterocycles. The Bertz CT molecular complexity index is 542. The van der Waals surface area contributed by atoms with E-state index in [1.54, 1.807) is 0 Å². The normalized spacial score (nSPS) is 34.7. The summed E-state index contributed by atoms with van der Waals surface area (Å²) in [6.45, 7) is 4.14. The molecule has 5 unspecified atom stereocenters. The number of carbonyl (C=O) groups excluding carboxylic acids is 1. The van der Waals surface area contributed by atoms with Gasteiger partial charge in [-0.3, -0.25) is 15.4 Å². The molecular weight excluding hydrogens is 405 g/mol. The maximum Gasteiger partial charge on any atom is 0.223 e. The van der Waals surface area contributed by atoms with Crippen molar-refractivity contribution in [1.29, 1.82) is 0 Å². The van der Waals surface area contributed by atoms with Crippen molar-refractivity contribution in [3.8, 4) is 0 Å². The highest BCUT2D eigenvalue weighted by atomic mass is 19.1. The zero-order valence-corrected chi connectivity index (χ0v) is 20.4. The van der Waals surface area contributed by atoms with Gasteiger partial charge in [0.2, 0.25) is 5.91 Å². The average Bonchev–Trinajstić information content (AvgIpc) is 2.79. The lowest BCUT2D eigenvalue weighted by molar-refractivity contribution is -0.127. The second-order valence-electron chi connectivity index (χ2n) is 10.7. The Morgan fingerprint density at radius 1 is 0.938 bits per heavy atom. The van der Waals surface area contributed by atoms with Crippen LogP contribution in [0.4, 0.5) is 4.39 Å². The van der Waals surface area contributed by atoms with Crippen molar-refractivity contribution in [3.05, 3.63) is 0 Å². The first kappa shape index (κ1) is 25.9. The number of hydrogen-bond donors (Lipinski definition) is 5. The summed E-state index contributed by atoms with van der Waals surface area (Å²) in [5.41, 5.74) is 0. The summed E-state index contributed by atoms with van der Waals surface area (Å²) in [4.78, 5) is 12.9. The average molecular weight is 454 g/mol. The molecule has 6 nitrogen and oxygen atoms in total. The Morgan fingerprint density at radius 3 is 2.44 bits per heavy atom. The maximum absolute atomic E-state index is 13.4. The van der Waals surface area contributed by atoms with E-state index in [0.717, 1.165) is 64.1 Å².